The van der Waals surface area contributed by atoms with Gasteiger partial charge in [-0.15, -0.1) is 0 Å². The maximum absolute atomic E-state index is 12.9. The molecule has 1 aromatic heterocycles. The minimum absolute atomic E-state index is 0.123. The molecule has 2 heterocycles. The fourth-order valence-corrected chi connectivity index (χ4v) is 3.41. The Bertz CT molecular complexity index is 747. The zero-order valence-electron chi connectivity index (χ0n) is 14.6. The lowest BCUT2D eigenvalue weighted by atomic mass is 10.1. The van der Waals surface area contributed by atoms with E-state index in [9.17, 15) is 4.79 Å². The topological polar surface area (TPSA) is 45.2 Å². The standard InChI is InChI=1S/C20H24ClN3O/c1-2-3-4-5-12-23-20(25)24-18-11-10-17(21)14-16(18)9-8-15-7-6-13-22-19(15)24/h6-7,10-11,13-14H,2-5,8-9,12H2,1H3,(H,23,25). The molecule has 0 aliphatic carbocycles. The maximum Gasteiger partial charge on any atom is 0.327 e. The van der Waals surface area contributed by atoms with Crippen LogP contribution < -0.4 is 10.2 Å². The summed E-state index contributed by atoms with van der Waals surface area (Å²) in [6.07, 6.45) is 7.94. The average Bonchev–Trinajstić information content (AvgIpc) is 2.78. The second-order valence-electron chi connectivity index (χ2n) is 6.39. The first-order valence-corrected chi connectivity index (χ1v) is 9.38. The van der Waals surface area contributed by atoms with Crippen LogP contribution in [-0.2, 0) is 12.8 Å². The third-order valence-electron chi connectivity index (χ3n) is 4.54. The van der Waals surface area contributed by atoms with Crippen molar-refractivity contribution in [1.29, 1.82) is 0 Å². The maximum atomic E-state index is 12.9. The number of hydrogen-bond acceptors (Lipinski definition) is 2. The van der Waals surface area contributed by atoms with Crippen molar-refractivity contribution in [3.8, 4) is 0 Å². The van der Waals surface area contributed by atoms with Crippen LogP contribution in [0.3, 0.4) is 0 Å². The Hall–Kier alpha value is -2.07. The number of aromatic nitrogens is 1. The van der Waals surface area contributed by atoms with Crippen LogP contribution in [0.4, 0.5) is 16.3 Å². The van der Waals surface area contributed by atoms with Crippen LogP contribution in [0.1, 0.15) is 43.7 Å². The van der Waals surface area contributed by atoms with Gasteiger partial charge in [0.25, 0.3) is 0 Å². The minimum atomic E-state index is -0.123. The number of carbonyl (C=O) groups is 1. The molecule has 1 aliphatic rings. The Morgan fingerprint density at radius 2 is 2.04 bits per heavy atom. The minimum Gasteiger partial charge on any atom is -0.337 e. The molecule has 1 aromatic carbocycles. The Labute approximate surface area is 154 Å². The summed E-state index contributed by atoms with van der Waals surface area (Å²) in [6.45, 7) is 2.86. The summed E-state index contributed by atoms with van der Waals surface area (Å²) in [4.78, 5) is 19.1. The van der Waals surface area contributed by atoms with E-state index in [0.717, 1.165) is 48.3 Å². The number of pyridine rings is 1. The molecule has 1 N–H and O–H groups in total. The smallest absolute Gasteiger partial charge is 0.327 e. The zero-order chi connectivity index (χ0) is 17.6. The highest BCUT2D eigenvalue weighted by molar-refractivity contribution is 6.30. The van der Waals surface area contributed by atoms with E-state index in [1.54, 1.807) is 11.1 Å². The number of halogens is 1. The van der Waals surface area contributed by atoms with Gasteiger partial charge in [0.2, 0.25) is 0 Å². The monoisotopic (exact) mass is 357 g/mol. The largest absolute Gasteiger partial charge is 0.337 e. The zero-order valence-corrected chi connectivity index (χ0v) is 15.4. The van der Waals surface area contributed by atoms with Gasteiger partial charge in [0, 0.05) is 17.8 Å². The molecule has 0 atom stereocenters. The molecule has 0 saturated carbocycles. The highest BCUT2D eigenvalue weighted by atomic mass is 35.5. The molecule has 0 saturated heterocycles. The molecule has 0 spiro atoms. The van der Waals surface area contributed by atoms with Crippen molar-refractivity contribution >= 4 is 29.1 Å². The number of nitrogens with zero attached hydrogens (tertiary/aromatic N) is 2. The predicted molar refractivity (Wildman–Crippen MR) is 103 cm³/mol. The van der Waals surface area contributed by atoms with Crippen LogP contribution >= 0.6 is 11.6 Å². The predicted octanol–water partition coefficient (Wildman–Crippen LogP) is 5.26. The molecule has 0 unspecified atom stereocenters. The first-order chi connectivity index (χ1) is 12.2. The summed E-state index contributed by atoms with van der Waals surface area (Å²) in [6, 6.07) is 9.53. The molecular weight excluding hydrogens is 334 g/mol. The number of nitrogens with one attached hydrogen (secondary N) is 1. The van der Waals surface area contributed by atoms with E-state index in [1.165, 1.54) is 12.8 Å². The molecule has 0 bridgehead atoms. The lowest BCUT2D eigenvalue weighted by Crippen LogP contribution is -2.38. The van der Waals surface area contributed by atoms with E-state index in [0.29, 0.717) is 11.6 Å². The van der Waals surface area contributed by atoms with Gasteiger partial charge in [0.05, 0.1) is 5.69 Å². The number of carbonyl (C=O) groups excluding carboxylic acids is 1. The van der Waals surface area contributed by atoms with Gasteiger partial charge in [-0.2, -0.15) is 0 Å². The Balaban J connectivity index is 1.87. The molecule has 1 aliphatic heterocycles. The Morgan fingerprint density at radius 1 is 1.20 bits per heavy atom. The van der Waals surface area contributed by atoms with Crippen LogP contribution in [-0.4, -0.2) is 17.6 Å². The molecule has 3 rings (SSSR count). The van der Waals surface area contributed by atoms with Gasteiger partial charge in [0.1, 0.15) is 5.82 Å². The van der Waals surface area contributed by atoms with Crippen molar-refractivity contribution in [1.82, 2.24) is 10.3 Å². The quantitative estimate of drug-likeness (QED) is 0.741. The van der Waals surface area contributed by atoms with Gasteiger partial charge in [-0.25, -0.2) is 14.7 Å². The highest BCUT2D eigenvalue weighted by Crippen LogP contribution is 2.35. The number of urea groups is 1. The van der Waals surface area contributed by atoms with Crippen molar-refractivity contribution in [3.05, 3.63) is 52.7 Å². The first kappa shape index (κ1) is 17.7. The van der Waals surface area contributed by atoms with Gasteiger partial charge < -0.3 is 5.32 Å². The fraction of sp³-hybridized carbons (Fsp3) is 0.400. The Morgan fingerprint density at radius 3 is 2.88 bits per heavy atom. The third-order valence-corrected chi connectivity index (χ3v) is 4.77. The van der Waals surface area contributed by atoms with Crippen molar-refractivity contribution in [2.45, 2.75) is 45.4 Å². The number of anilines is 2. The average molecular weight is 358 g/mol. The number of rotatable bonds is 5. The molecule has 4 nitrogen and oxygen atoms in total. The van der Waals surface area contributed by atoms with Gasteiger partial charge in [-0.3, -0.25) is 0 Å². The Kier molecular flexibility index (Phi) is 5.92. The number of aryl methyl sites for hydroxylation is 2. The molecule has 25 heavy (non-hydrogen) atoms. The van der Waals surface area contributed by atoms with Gasteiger partial charge in [-0.1, -0.05) is 43.9 Å². The van der Waals surface area contributed by atoms with Crippen molar-refractivity contribution < 1.29 is 4.79 Å². The van der Waals surface area contributed by atoms with E-state index in [4.69, 9.17) is 11.6 Å². The summed E-state index contributed by atoms with van der Waals surface area (Å²) in [5, 5.41) is 3.74. The summed E-state index contributed by atoms with van der Waals surface area (Å²) in [5.74, 6) is 0.717. The highest BCUT2D eigenvalue weighted by Gasteiger charge is 2.26. The summed E-state index contributed by atoms with van der Waals surface area (Å²) < 4.78 is 0. The molecule has 2 aromatic rings. The van der Waals surface area contributed by atoms with Gasteiger partial charge in [0.15, 0.2) is 0 Å². The lowest BCUT2D eigenvalue weighted by Gasteiger charge is -2.24. The summed E-state index contributed by atoms with van der Waals surface area (Å²) in [5.41, 5.74) is 3.02. The lowest BCUT2D eigenvalue weighted by molar-refractivity contribution is 0.248. The number of hydrogen-bond donors (Lipinski definition) is 1. The van der Waals surface area contributed by atoms with Gasteiger partial charge in [-0.05, 0) is 54.7 Å². The van der Waals surface area contributed by atoms with Crippen LogP contribution in [0.25, 0.3) is 0 Å². The second-order valence-corrected chi connectivity index (χ2v) is 6.82. The SMILES string of the molecule is CCCCCCNC(=O)N1c2ccc(Cl)cc2CCc2cccnc21. The molecule has 0 radical (unpaired) electrons. The normalized spacial score (nSPS) is 13.0. The molecule has 0 fully saturated rings. The number of benzene rings is 1. The van der Waals surface area contributed by atoms with Crippen LogP contribution in [0.5, 0.6) is 0 Å². The van der Waals surface area contributed by atoms with Crippen molar-refractivity contribution in [2.24, 2.45) is 0 Å². The summed E-state index contributed by atoms with van der Waals surface area (Å²) in [7, 11) is 0. The fourth-order valence-electron chi connectivity index (χ4n) is 3.21. The summed E-state index contributed by atoms with van der Waals surface area (Å²) >= 11 is 6.17. The van der Waals surface area contributed by atoms with Crippen LogP contribution in [0.15, 0.2) is 36.5 Å². The van der Waals surface area contributed by atoms with E-state index in [-0.39, 0.29) is 6.03 Å². The molecule has 2 amide bonds. The van der Waals surface area contributed by atoms with Gasteiger partial charge >= 0.3 is 6.03 Å². The van der Waals surface area contributed by atoms with E-state index >= 15 is 0 Å². The first-order valence-electron chi connectivity index (χ1n) is 9.01. The van der Waals surface area contributed by atoms with Crippen molar-refractivity contribution in [3.63, 3.8) is 0 Å². The number of unbranched alkanes of at least 4 members (excludes halogenated alkanes) is 3. The number of amides is 2. The molecule has 5 heteroatoms. The molecular formula is C20H24ClN3O. The van der Waals surface area contributed by atoms with Crippen LogP contribution in [0, 0.1) is 0 Å². The number of fused-ring (bicyclic) bond motifs is 2. The van der Waals surface area contributed by atoms with Crippen molar-refractivity contribution in [2.75, 3.05) is 11.4 Å². The molecule has 132 valence electrons. The second kappa shape index (κ2) is 8.34. The van der Waals surface area contributed by atoms with E-state index in [2.05, 4.69) is 17.2 Å². The van der Waals surface area contributed by atoms with E-state index < -0.39 is 0 Å². The third kappa shape index (κ3) is 4.13. The van der Waals surface area contributed by atoms with Crippen LogP contribution in [0.2, 0.25) is 5.02 Å². The van der Waals surface area contributed by atoms with E-state index in [1.807, 2.05) is 30.3 Å².